The van der Waals surface area contributed by atoms with Crippen molar-refractivity contribution in [2.75, 3.05) is 24.6 Å². The molecule has 1 unspecified atom stereocenters. The number of hydrogen-bond acceptors (Lipinski definition) is 5. The Morgan fingerprint density at radius 1 is 1.31 bits per heavy atom. The maximum absolute atomic E-state index is 14.4. The number of hydrogen-bond donors (Lipinski definition) is 0. The van der Waals surface area contributed by atoms with Crippen LogP contribution in [-0.2, 0) is 4.79 Å². The summed E-state index contributed by atoms with van der Waals surface area (Å²) in [5.74, 6) is 1.60. The van der Waals surface area contributed by atoms with Crippen LogP contribution in [-0.4, -0.2) is 36.6 Å². The minimum Gasteiger partial charge on any atom is -0.492 e. The number of Topliss-reactive ketones (excluding diaryl/α,β-unsaturated/α-hetero) is 1. The molecular formula is C23H29FN2O3. The van der Waals surface area contributed by atoms with Crippen LogP contribution >= 0.6 is 0 Å². The summed E-state index contributed by atoms with van der Waals surface area (Å²) in [4.78, 5) is 17.5. The van der Waals surface area contributed by atoms with E-state index in [4.69, 9.17) is 9.47 Å². The van der Waals surface area contributed by atoms with Crippen molar-refractivity contribution in [1.82, 2.24) is 4.98 Å². The van der Waals surface area contributed by atoms with Gasteiger partial charge in [-0.1, -0.05) is 26.0 Å². The van der Waals surface area contributed by atoms with E-state index < -0.39 is 0 Å². The lowest BCUT2D eigenvalue weighted by Crippen LogP contribution is -2.26. The van der Waals surface area contributed by atoms with Crippen molar-refractivity contribution in [1.29, 1.82) is 0 Å². The van der Waals surface area contributed by atoms with Gasteiger partial charge in [0.2, 0.25) is 0 Å². The smallest absolute Gasteiger partial charge is 0.169 e. The van der Waals surface area contributed by atoms with Crippen LogP contribution in [0.2, 0.25) is 0 Å². The fourth-order valence-corrected chi connectivity index (χ4v) is 3.58. The van der Waals surface area contributed by atoms with Gasteiger partial charge in [-0.05, 0) is 37.0 Å². The topological polar surface area (TPSA) is 51.7 Å². The summed E-state index contributed by atoms with van der Waals surface area (Å²) in [5, 5.41) is 0. The van der Waals surface area contributed by atoms with Gasteiger partial charge in [-0.2, -0.15) is 0 Å². The number of carbonyl (C=O) groups is 1. The van der Waals surface area contributed by atoms with Crippen molar-refractivity contribution >= 4 is 11.6 Å². The molecule has 156 valence electrons. The van der Waals surface area contributed by atoms with Gasteiger partial charge in [0.15, 0.2) is 11.6 Å². The predicted molar refractivity (Wildman–Crippen MR) is 111 cm³/mol. The predicted octanol–water partition coefficient (Wildman–Crippen LogP) is 4.75. The van der Waals surface area contributed by atoms with Crippen molar-refractivity contribution < 1.29 is 18.7 Å². The number of ketones is 1. The lowest BCUT2D eigenvalue weighted by molar-refractivity contribution is -0.117. The molecule has 1 aliphatic rings. The number of rotatable bonds is 9. The molecule has 0 radical (unpaired) electrons. The Kier molecular flexibility index (Phi) is 7.07. The summed E-state index contributed by atoms with van der Waals surface area (Å²) in [6.07, 6.45) is 3.76. The molecule has 0 bridgehead atoms. The molecule has 2 aromatic rings. The number of nitrogens with zero attached hydrogens (tertiary/aromatic N) is 2. The van der Waals surface area contributed by atoms with Gasteiger partial charge >= 0.3 is 0 Å². The monoisotopic (exact) mass is 400 g/mol. The fraction of sp³-hybridized carbons (Fsp3) is 0.478. The maximum Gasteiger partial charge on any atom is 0.169 e. The second kappa shape index (κ2) is 9.72. The zero-order valence-corrected chi connectivity index (χ0v) is 17.4. The number of benzene rings is 1. The Morgan fingerprint density at radius 3 is 2.72 bits per heavy atom. The average molecular weight is 400 g/mol. The van der Waals surface area contributed by atoms with Crippen LogP contribution in [0.15, 0.2) is 36.5 Å². The first-order valence-corrected chi connectivity index (χ1v) is 10.3. The first-order valence-electron chi connectivity index (χ1n) is 10.3. The summed E-state index contributed by atoms with van der Waals surface area (Å²) in [6, 6.07) is 9.28. The molecule has 0 saturated carbocycles. The Balaban J connectivity index is 1.56. The van der Waals surface area contributed by atoms with Crippen molar-refractivity contribution in [3.63, 3.8) is 0 Å². The van der Waals surface area contributed by atoms with Crippen LogP contribution in [0.3, 0.4) is 0 Å². The molecule has 1 fully saturated rings. The molecule has 0 spiro atoms. The standard InChI is InChI=1S/C23H29FN2O3/c1-4-11-28-21-13-22(24)23(25-14-21)26-10-9-20(15-26)29-19-7-5-18(6-8-19)16(2)12-17(3)27/h5-8,13-14,16,20H,4,9-12,15H2,1-3H3/t16-,20?/m1/s1. The second-order valence-electron chi connectivity index (χ2n) is 7.68. The molecule has 2 heterocycles. The van der Waals surface area contributed by atoms with E-state index in [0.29, 0.717) is 37.7 Å². The third-order valence-electron chi connectivity index (χ3n) is 5.06. The summed E-state index contributed by atoms with van der Waals surface area (Å²) in [5.41, 5.74) is 1.12. The van der Waals surface area contributed by atoms with Gasteiger partial charge in [-0.3, -0.25) is 0 Å². The highest BCUT2D eigenvalue weighted by Gasteiger charge is 2.27. The van der Waals surface area contributed by atoms with E-state index in [-0.39, 0.29) is 23.6 Å². The van der Waals surface area contributed by atoms with Crippen LogP contribution in [0.25, 0.3) is 0 Å². The number of anilines is 1. The zero-order valence-electron chi connectivity index (χ0n) is 17.4. The Morgan fingerprint density at radius 2 is 2.07 bits per heavy atom. The van der Waals surface area contributed by atoms with E-state index >= 15 is 0 Å². The van der Waals surface area contributed by atoms with Gasteiger partial charge in [-0.15, -0.1) is 0 Å². The number of ether oxygens (including phenoxy) is 2. The van der Waals surface area contributed by atoms with E-state index in [0.717, 1.165) is 24.2 Å². The fourth-order valence-electron chi connectivity index (χ4n) is 3.58. The Hall–Kier alpha value is -2.63. The van der Waals surface area contributed by atoms with E-state index in [9.17, 15) is 9.18 Å². The lowest BCUT2D eigenvalue weighted by Gasteiger charge is -2.19. The summed E-state index contributed by atoms with van der Waals surface area (Å²) < 4.78 is 26.0. The lowest BCUT2D eigenvalue weighted by atomic mass is 9.96. The normalized spacial score (nSPS) is 17.2. The zero-order chi connectivity index (χ0) is 20.8. The van der Waals surface area contributed by atoms with Gasteiger partial charge in [-0.25, -0.2) is 9.37 Å². The van der Waals surface area contributed by atoms with Gasteiger partial charge in [0.1, 0.15) is 23.4 Å². The average Bonchev–Trinajstić information content (AvgIpc) is 3.14. The van der Waals surface area contributed by atoms with E-state index in [1.807, 2.05) is 43.0 Å². The number of pyridine rings is 1. The van der Waals surface area contributed by atoms with Crippen LogP contribution in [0.5, 0.6) is 11.5 Å². The second-order valence-corrected chi connectivity index (χ2v) is 7.68. The molecule has 1 aromatic heterocycles. The Labute approximate surface area is 171 Å². The van der Waals surface area contributed by atoms with Crippen molar-refractivity contribution in [2.24, 2.45) is 0 Å². The van der Waals surface area contributed by atoms with Gasteiger partial charge in [0, 0.05) is 25.5 Å². The highest BCUT2D eigenvalue weighted by Crippen LogP contribution is 2.27. The van der Waals surface area contributed by atoms with Gasteiger partial charge in [0.25, 0.3) is 0 Å². The molecule has 2 atom stereocenters. The quantitative estimate of drug-likeness (QED) is 0.608. The van der Waals surface area contributed by atoms with E-state index in [1.54, 1.807) is 13.1 Å². The minimum absolute atomic E-state index is 0.0206. The van der Waals surface area contributed by atoms with Crippen LogP contribution < -0.4 is 14.4 Å². The van der Waals surface area contributed by atoms with Crippen molar-refractivity contribution in [2.45, 2.75) is 52.1 Å². The molecule has 0 aliphatic carbocycles. The van der Waals surface area contributed by atoms with Crippen LogP contribution in [0, 0.1) is 5.82 Å². The van der Waals surface area contributed by atoms with E-state index in [2.05, 4.69) is 4.98 Å². The first kappa shape index (κ1) is 21.1. The molecule has 1 aliphatic heterocycles. The molecule has 5 nitrogen and oxygen atoms in total. The van der Waals surface area contributed by atoms with E-state index in [1.165, 1.54) is 6.07 Å². The third kappa shape index (κ3) is 5.68. The molecular weight excluding hydrogens is 371 g/mol. The summed E-state index contributed by atoms with van der Waals surface area (Å²) >= 11 is 0. The first-order chi connectivity index (χ1) is 14.0. The summed E-state index contributed by atoms with van der Waals surface area (Å²) in [6.45, 7) is 7.49. The highest BCUT2D eigenvalue weighted by atomic mass is 19.1. The molecule has 29 heavy (non-hydrogen) atoms. The van der Waals surface area contributed by atoms with Gasteiger partial charge in [0.05, 0.1) is 19.3 Å². The number of aromatic nitrogens is 1. The third-order valence-corrected chi connectivity index (χ3v) is 5.06. The van der Waals surface area contributed by atoms with Crippen molar-refractivity contribution in [3.05, 3.63) is 47.9 Å². The molecule has 1 aromatic carbocycles. The number of halogens is 1. The van der Waals surface area contributed by atoms with Gasteiger partial charge < -0.3 is 19.2 Å². The van der Waals surface area contributed by atoms with Crippen LogP contribution in [0.4, 0.5) is 10.2 Å². The SMILES string of the molecule is CCCOc1cnc(N2CCC(Oc3ccc([C@H](C)CC(C)=O)cc3)C2)c(F)c1. The molecule has 1 saturated heterocycles. The highest BCUT2D eigenvalue weighted by molar-refractivity contribution is 5.76. The Bertz CT molecular complexity index is 825. The summed E-state index contributed by atoms with van der Waals surface area (Å²) in [7, 11) is 0. The molecule has 0 amide bonds. The minimum atomic E-state index is -0.372. The number of carbonyl (C=O) groups excluding carboxylic acids is 1. The van der Waals surface area contributed by atoms with Crippen LogP contribution in [0.1, 0.15) is 51.5 Å². The largest absolute Gasteiger partial charge is 0.492 e. The molecule has 0 N–H and O–H groups in total. The molecule has 6 heteroatoms. The van der Waals surface area contributed by atoms with Crippen molar-refractivity contribution in [3.8, 4) is 11.5 Å². The molecule has 3 rings (SSSR count). The maximum atomic E-state index is 14.4.